The molecule has 1 fully saturated rings. The number of carbonyl (C=O) groups excluding carboxylic acids is 3. The first-order valence-corrected chi connectivity index (χ1v) is 11.9. The number of aliphatic hydroxyl groups is 3. The summed E-state index contributed by atoms with van der Waals surface area (Å²) in [5, 5.41) is 43.1. The molecule has 1 aromatic rings. The van der Waals surface area contributed by atoms with Gasteiger partial charge < -0.3 is 26.2 Å². The second kappa shape index (κ2) is 8.32. The number of hydrogen-bond acceptors (Lipinski definition) is 8. The smallest absolute Gasteiger partial charge is 0.417 e. The maximum atomic E-state index is 14.4. The number of likely N-dealkylation sites (tertiary alicyclic amines) is 1. The van der Waals surface area contributed by atoms with Crippen LogP contribution >= 0.6 is 0 Å². The highest BCUT2D eigenvalue weighted by Gasteiger charge is 2.60. The highest BCUT2D eigenvalue weighted by molar-refractivity contribution is 6.24. The van der Waals surface area contributed by atoms with Crippen LogP contribution in [0.1, 0.15) is 52.7 Å². The second-order valence-electron chi connectivity index (χ2n) is 10.2. The first-order chi connectivity index (χ1) is 17.3. The molecule has 0 radical (unpaired) electrons. The molecule has 37 heavy (non-hydrogen) atoms. The van der Waals surface area contributed by atoms with Crippen LogP contribution in [0.15, 0.2) is 28.7 Å². The number of amides is 1. The summed E-state index contributed by atoms with van der Waals surface area (Å²) in [4.78, 5) is 40.0. The molecule has 3 atom stereocenters. The van der Waals surface area contributed by atoms with Crippen LogP contribution in [-0.4, -0.2) is 61.5 Å². The molecule has 1 unspecified atom stereocenters. The van der Waals surface area contributed by atoms with E-state index in [0.29, 0.717) is 13.1 Å². The lowest BCUT2D eigenvalue weighted by Crippen LogP contribution is -2.57. The van der Waals surface area contributed by atoms with Gasteiger partial charge in [-0.3, -0.25) is 19.3 Å². The van der Waals surface area contributed by atoms with Crippen LogP contribution in [0.25, 0.3) is 0 Å². The Balaban J connectivity index is 1.67. The van der Waals surface area contributed by atoms with Crippen LogP contribution in [0.5, 0.6) is 5.75 Å². The van der Waals surface area contributed by atoms with Crippen LogP contribution in [0.2, 0.25) is 0 Å². The molecule has 198 valence electrons. The number of carbonyl (C=O) groups is 3. The number of phenolic OH excluding ortho intramolecular Hbond substituents is 1. The molecule has 0 aromatic heterocycles. The number of Topliss-reactive ketones (excluding diaryl/α,β-unsaturated/α-hetero) is 2. The zero-order chi connectivity index (χ0) is 27.0. The number of primary amides is 1. The normalized spacial score (nSPS) is 28.3. The third-order valence-corrected chi connectivity index (χ3v) is 8.02. The summed E-state index contributed by atoms with van der Waals surface area (Å²) in [7, 11) is 0. The standard InChI is InChI=1S/C25H25F3N2O7/c26-25(27,28)19-11(9-30-3-1-2-4-30)7-14(31)17-13(19)6-10-5-12-8-15(32)18(23(29)36)22(35)24(12,37)21(34)16(10)20(17)33/h7,10,12,31-32,34,37H,1-6,8-9H2,(H2,29,36)/t10?,12-,24-/m0/s1. The van der Waals surface area contributed by atoms with E-state index in [0.717, 1.165) is 18.9 Å². The lowest BCUT2D eigenvalue weighted by molar-refractivity contribution is -0.144. The number of aliphatic hydroxyl groups excluding tert-OH is 2. The molecule has 1 amide bonds. The summed E-state index contributed by atoms with van der Waals surface area (Å²) in [5.41, 5.74) is -1.26. The van der Waals surface area contributed by atoms with Crippen molar-refractivity contribution in [2.24, 2.45) is 17.6 Å². The van der Waals surface area contributed by atoms with E-state index in [-0.39, 0.29) is 18.5 Å². The summed E-state index contributed by atoms with van der Waals surface area (Å²) < 4.78 is 43.1. The minimum Gasteiger partial charge on any atom is -0.511 e. The predicted octanol–water partition coefficient (Wildman–Crippen LogP) is 2.20. The first-order valence-electron chi connectivity index (χ1n) is 11.9. The van der Waals surface area contributed by atoms with Gasteiger partial charge in [0.15, 0.2) is 11.4 Å². The molecule has 0 saturated carbocycles. The number of alkyl halides is 3. The third-order valence-electron chi connectivity index (χ3n) is 8.02. The summed E-state index contributed by atoms with van der Waals surface area (Å²) >= 11 is 0. The average molecular weight is 522 g/mol. The second-order valence-corrected chi connectivity index (χ2v) is 10.2. The lowest BCUT2D eigenvalue weighted by Gasteiger charge is -2.45. The van der Waals surface area contributed by atoms with Crippen molar-refractivity contribution in [1.82, 2.24) is 4.90 Å². The van der Waals surface area contributed by atoms with Crippen molar-refractivity contribution >= 4 is 17.5 Å². The van der Waals surface area contributed by atoms with Gasteiger partial charge in [-0.2, -0.15) is 13.2 Å². The van der Waals surface area contributed by atoms with E-state index in [4.69, 9.17) is 5.73 Å². The van der Waals surface area contributed by atoms with Crippen molar-refractivity contribution in [3.63, 3.8) is 0 Å². The van der Waals surface area contributed by atoms with E-state index in [9.17, 15) is 48.0 Å². The number of ketones is 2. The summed E-state index contributed by atoms with van der Waals surface area (Å²) in [5.74, 6) is -8.63. The highest BCUT2D eigenvalue weighted by atomic mass is 19.4. The van der Waals surface area contributed by atoms with Crippen molar-refractivity contribution in [1.29, 1.82) is 0 Å². The monoisotopic (exact) mass is 522 g/mol. The van der Waals surface area contributed by atoms with Gasteiger partial charge in [-0.05, 0) is 61.9 Å². The Hall–Kier alpha value is -3.38. The Kier molecular flexibility index (Phi) is 5.68. The molecule has 5 rings (SSSR count). The molecule has 1 aromatic carbocycles. The minimum atomic E-state index is -4.84. The van der Waals surface area contributed by atoms with E-state index in [1.165, 1.54) is 0 Å². The predicted molar refractivity (Wildman–Crippen MR) is 120 cm³/mol. The largest absolute Gasteiger partial charge is 0.511 e. The van der Waals surface area contributed by atoms with E-state index in [2.05, 4.69) is 0 Å². The zero-order valence-electron chi connectivity index (χ0n) is 19.6. The fourth-order valence-electron chi connectivity index (χ4n) is 6.42. The lowest BCUT2D eigenvalue weighted by atomic mass is 9.60. The zero-order valence-corrected chi connectivity index (χ0v) is 19.6. The summed E-state index contributed by atoms with van der Waals surface area (Å²) in [6.45, 7) is 1.15. The Morgan fingerprint density at radius 1 is 1.14 bits per heavy atom. The van der Waals surface area contributed by atoms with Crippen LogP contribution in [0.4, 0.5) is 13.2 Å². The van der Waals surface area contributed by atoms with Gasteiger partial charge >= 0.3 is 6.18 Å². The molecular formula is C25H25F3N2O7. The Bertz CT molecular complexity index is 1310. The molecule has 9 nitrogen and oxygen atoms in total. The van der Waals surface area contributed by atoms with Crippen LogP contribution in [0, 0.1) is 11.8 Å². The van der Waals surface area contributed by atoms with Gasteiger partial charge in [-0.15, -0.1) is 0 Å². The van der Waals surface area contributed by atoms with Crippen molar-refractivity contribution in [2.45, 2.75) is 50.4 Å². The molecule has 12 heteroatoms. The quantitative estimate of drug-likeness (QED) is 0.378. The number of nitrogens with zero attached hydrogens (tertiary/aromatic N) is 1. The van der Waals surface area contributed by atoms with E-state index in [1.807, 2.05) is 4.90 Å². The maximum absolute atomic E-state index is 14.4. The third kappa shape index (κ3) is 3.64. The number of phenols is 1. The fraction of sp³-hybridized carbons (Fsp3) is 0.480. The van der Waals surface area contributed by atoms with Crippen LogP contribution in [-0.2, 0) is 28.7 Å². The molecule has 1 saturated heterocycles. The van der Waals surface area contributed by atoms with Crippen LogP contribution < -0.4 is 5.73 Å². The molecule has 3 aliphatic carbocycles. The number of benzene rings is 1. The Morgan fingerprint density at radius 2 is 1.78 bits per heavy atom. The molecule has 1 aliphatic heterocycles. The van der Waals surface area contributed by atoms with Crippen LogP contribution in [0.3, 0.4) is 0 Å². The number of fused-ring (bicyclic) bond motifs is 3. The molecule has 0 bridgehead atoms. The molecular weight excluding hydrogens is 497 g/mol. The number of halogens is 3. The Morgan fingerprint density at radius 3 is 2.38 bits per heavy atom. The topological polar surface area (TPSA) is 161 Å². The van der Waals surface area contributed by atoms with Gasteiger partial charge in [-0.1, -0.05) is 0 Å². The number of hydrogen-bond donors (Lipinski definition) is 5. The van der Waals surface area contributed by atoms with E-state index in [1.54, 1.807) is 0 Å². The van der Waals surface area contributed by atoms with Crippen molar-refractivity contribution in [3.8, 4) is 5.75 Å². The molecule has 4 aliphatic rings. The van der Waals surface area contributed by atoms with Gasteiger partial charge in [0.05, 0.1) is 11.1 Å². The average Bonchev–Trinajstić information content (AvgIpc) is 3.28. The number of rotatable bonds is 3. The number of allylic oxidation sites excluding steroid dienone is 2. The number of nitrogens with two attached hydrogens (primary N) is 1. The van der Waals surface area contributed by atoms with Gasteiger partial charge in [0.2, 0.25) is 5.78 Å². The number of aromatic hydroxyl groups is 1. The summed E-state index contributed by atoms with van der Waals surface area (Å²) in [6.07, 6.45) is -4.25. The van der Waals surface area contributed by atoms with Crippen molar-refractivity contribution < 1.29 is 48.0 Å². The fourth-order valence-corrected chi connectivity index (χ4v) is 6.42. The SMILES string of the molecule is NC(=O)C1=C(O)C[C@@H]2CC3Cc4c(c(O)cc(CN5CCCC5)c4C(F)(F)F)C(=O)C3=C(O)[C@]2(O)C1=O. The van der Waals surface area contributed by atoms with Gasteiger partial charge in [0.1, 0.15) is 22.8 Å². The molecule has 6 N–H and O–H groups in total. The molecule has 1 heterocycles. The van der Waals surface area contributed by atoms with Crippen molar-refractivity contribution in [3.05, 3.63) is 51.0 Å². The van der Waals surface area contributed by atoms with Gasteiger partial charge in [0, 0.05) is 24.5 Å². The minimum absolute atomic E-state index is 0.0616. The van der Waals surface area contributed by atoms with E-state index >= 15 is 0 Å². The molecule has 0 spiro atoms. The first kappa shape index (κ1) is 25.3. The van der Waals surface area contributed by atoms with E-state index < -0.39 is 99.0 Å². The highest BCUT2D eigenvalue weighted by Crippen LogP contribution is 2.53. The maximum Gasteiger partial charge on any atom is 0.417 e. The van der Waals surface area contributed by atoms with Gasteiger partial charge in [0.25, 0.3) is 5.91 Å². The Labute approximate surface area is 208 Å². The van der Waals surface area contributed by atoms with Gasteiger partial charge in [-0.25, -0.2) is 0 Å². The van der Waals surface area contributed by atoms with Crippen molar-refractivity contribution in [2.75, 3.05) is 13.1 Å². The summed E-state index contributed by atoms with van der Waals surface area (Å²) in [6, 6.07) is 0.911.